The molecule has 0 saturated carbocycles. The Hall–Kier alpha value is -2.06. The van der Waals surface area contributed by atoms with Gasteiger partial charge in [-0.1, -0.05) is 72.2 Å². The summed E-state index contributed by atoms with van der Waals surface area (Å²) in [6.45, 7) is 4.60. The van der Waals surface area contributed by atoms with Gasteiger partial charge >= 0.3 is 0 Å². The molecule has 2 heteroatoms. The van der Waals surface area contributed by atoms with Crippen molar-refractivity contribution in [3.05, 3.63) is 76.3 Å². The Labute approximate surface area is 145 Å². The zero-order valence-electron chi connectivity index (χ0n) is 13.2. The SMILES string of the molecule is CC1(C)c2ccccc2-c2ccc(-c3ccc(Br)cc3N)cc21. The summed E-state index contributed by atoms with van der Waals surface area (Å²) < 4.78 is 1.01. The second kappa shape index (κ2) is 4.97. The molecule has 0 spiro atoms. The van der Waals surface area contributed by atoms with Crippen LogP contribution in [0.2, 0.25) is 0 Å². The highest BCUT2D eigenvalue weighted by atomic mass is 79.9. The molecular weight excluding hydrogens is 346 g/mol. The first kappa shape index (κ1) is 14.5. The van der Waals surface area contributed by atoms with Crippen LogP contribution in [-0.2, 0) is 5.41 Å². The van der Waals surface area contributed by atoms with Gasteiger partial charge in [0.2, 0.25) is 0 Å². The lowest BCUT2D eigenvalue weighted by atomic mass is 9.81. The van der Waals surface area contributed by atoms with Crippen LogP contribution in [0.4, 0.5) is 5.69 Å². The fourth-order valence-corrected chi connectivity index (χ4v) is 4.05. The van der Waals surface area contributed by atoms with Gasteiger partial charge in [-0.15, -0.1) is 0 Å². The van der Waals surface area contributed by atoms with Crippen molar-refractivity contribution in [1.29, 1.82) is 0 Å². The molecule has 0 heterocycles. The maximum absolute atomic E-state index is 6.22. The summed E-state index contributed by atoms with van der Waals surface area (Å²) in [6.07, 6.45) is 0. The largest absolute Gasteiger partial charge is 0.398 e. The molecule has 3 aromatic carbocycles. The molecule has 0 unspecified atom stereocenters. The van der Waals surface area contributed by atoms with Crippen LogP contribution in [0.15, 0.2) is 65.1 Å². The summed E-state index contributed by atoms with van der Waals surface area (Å²) in [5.74, 6) is 0. The molecule has 0 aliphatic heterocycles. The van der Waals surface area contributed by atoms with Crippen molar-refractivity contribution in [1.82, 2.24) is 0 Å². The first-order valence-corrected chi connectivity index (χ1v) is 8.57. The molecule has 0 bridgehead atoms. The number of hydrogen-bond donors (Lipinski definition) is 1. The normalized spacial score (nSPS) is 14.4. The second-order valence-corrected chi connectivity index (χ2v) is 7.58. The smallest absolute Gasteiger partial charge is 0.0405 e. The van der Waals surface area contributed by atoms with Gasteiger partial charge in [-0.2, -0.15) is 0 Å². The number of nitrogen functional groups attached to an aromatic ring is 1. The number of fused-ring (bicyclic) bond motifs is 3. The molecule has 2 N–H and O–H groups in total. The fraction of sp³-hybridized carbons (Fsp3) is 0.143. The van der Waals surface area contributed by atoms with E-state index in [1.54, 1.807) is 0 Å². The molecule has 3 aromatic rings. The van der Waals surface area contributed by atoms with Gasteiger partial charge in [0, 0.05) is 21.1 Å². The zero-order chi connectivity index (χ0) is 16.2. The van der Waals surface area contributed by atoms with Gasteiger partial charge in [0.05, 0.1) is 0 Å². The maximum Gasteiger partial charge on any atom is 0.0405 e. The predicted octanol–water partition coefficient (Wildman–Crippen LogP) is 6.00. The highest BCUT2D eigenvalue weighted by Crippen LogP contribution is 2.49. The van der Waals surface area contributed by atoms with Gasteiger partial charge in [-0.05, 0) is 46.0 Å². The van der Waals surface area contributed by atoms with Gasteiger partial charge in [0.15, 0.2) is 0 Å². The van der Waals surface area contributed by atoms with Crippen molar-refractivity contribution < 1.29 is 0 Å². The van der Waals surface area contributed by atoms with E-state index in [4.69, 9.17) is 5.73 Å². The van der Waals surface area contributed by atoms with Crippen LogP contribution in [0, 0.1) is 0 Å². The molecule has 0 amide bonds. The Morgan fingerprint density at radius 1 is 0.783 bits per heavy atom. The number of rotatable bonds is 1. The van der Waals surface area contributed by atoms with Crippen molar-refractivity contribution in [2.24, 2.45) is 0 Å². The molecule has 0 atom stereocenters. The molecular formula is C21H18BrN. The first-order valence-electron chi connectivity index (χ1n) is 7.78. The van der Waals surface area contributed by atoms with Gasteiger partial charge in [-0.25, -0.2) is 0 Å². The maximum atomic E-state index is 6.22. The molecule has 0 fully saturated rings. The predicted molar refractivity (Wildman–Crippen MR) is 102 cm³/mol. The number of nitrogens with two attached hydrogens (primary N) is 1. The van der Waals surface area contributed by atoms with Gasteiger partial charge in [-0.3, -0.25) is 0 Å². The van der Waals surface area contributed by atoms with Crippen LogP contribution in [0.5, 0.6) is 0 Å². The highest BCUT2D eigenvalue weighted by molar-refractivity contribution is 9.10. The zero-order valence-corrected chi connectivity index (χ0v) is 14.8. The number of benzene rings is 3. The fourth-order valence-electron chi connectivity index (χ4n) is 3.67. The summed E-state index contributed by atoms with van der Waals surface area (Å²) in [5, 5.41) is 0. The van der Waals surface area contributed by atoms with Crippen LogP contribution in [0.1, 0.15) is 25.0 Å². The standard InChI is InChI=1S/C21H18BrN/c1-21(2)18-6-4-3-5-16(18)17-9-7-13(11-19(17)21)15-10-8-14(22)12-20(15)23/h3-12H,23H2,1-2H3. The number of halogens is 1. The van der Waals surface area contributed by atoms with E-state index in [0.717, 1.165) is 15.7 Å². The average molecular weight is 364 g/mol. The van der Waals surface area contributed by atoms with Crippen LogP contribution in [-0.4, -0.2) is 0 Å². The second-order valence-electron chi connectivity index (χ2n) is 6.66. The quantitative estimate of drug-likeness (QED) is 0.526. The Kier molecular flexibility index (Phi) is 3.14. The van der Waals surface area contributed by atoms with E-state index in [1.807, 2.05) is 12.1 Å². The van der Waals surface area contributed by atoms with Crippen molar-refractivity contribution in [2.75, 3.05) is 5.73 Å². The minimum absolute atomic E-state index is 0.0199. The monoisotopic (exact) mass is 363 g/mol. The van der Waals surface area contributed by atoms with Gasteiger partial charge in [0.1, 0.15) is 0 Å². The third-order valence-electron chi connectivity index (χ3n) is 4.91. The summed E-state index contributed by atoms with van der Waals surface area (Å²) >= 11 is 3.48. The Balaban J connectivity index is 1.92. The summed E-state index contributed by atoms with van der Waals surface area (Å²) in [5.41, 5.74) is 14.8. The third-order valence-corrected chi connectivity index (χ3v) is 5.40. The minimum Gasteiger partial charge on any atom is -0.398 e. The molecule has 1 aliphatic carbocycles. The highest BCUT2D eigenvalue weighted by Gasteiger charge is 2.35. The molecule has 0 radical (unpaired) electrons. The van der Waals surface area contributed by atoms with E-state index in [2.05, 4.69) is 78.3 Å². The molecule has 1 nitrogen and oxygen atoms in total. The number of hydrogen-bond acceptors (Lipinski definition) is 1. The third kappa shape index (κ3) is 2.13. The lowest BCUT2D eigenvalue weighted by molar-refractivity contribution is 0.660. The summed E-state index contributed by atoms with van der Waals surface area (Å²) in [7, 11) is 0. The summed E-state index contributed by atoms with van der Waals surface area (Å²) in [6, 6.07) is 21.5. The van der Waals surface area contributed by atoms with Crippen molar-refractivity contribution in [2.45, 2.75) is 19.3 Å². The molecule has 0 saturated heterocycles. The molecule has 1 aliphatic rings. The molecule has 0 aromatic heterocycles. The Bertz CT molecular complexity index is 925. The van der Waals surface area contributed by atoms with E-state index in [-0.39, 0.29) is 5.41 Å². The van der Waals surface area contributed by atoms with Gasteiger partial charge < -0.3 is 5.73 Å². The lowest BCUT2D eigenvalue weighted by Gasteiger charge is -2.22. The first-order chi connectivity index (χ1) is 11.0. The summed E-state index contributed by atoms with van der Waals surface area (Å²) in [4.78, 5) is 0. The van der Waals surface area contributed by atoms with Crippen molar-refractivity contribution >= 4 is 21.6 Å². The topological polar surface area (TPSA) is 26.0 Å². The van der Waals surface area contributed by atoms with Crippen LogP contribution in [0.3, 0.4) is 0 Å². The van der Waals surface area contributed by atoms with Crippen molar-refractivity contribution in [3.63, 3.8) is 0 Å². The lowest BCUT2D eigenvalue weighted by Crippen LogP contribution is -2.14. The van der Waals surface area contributed by atoms with Crippen molar-refractivity contribution in [3.8, 4) is 22.3 Å². The molecule has 114 valence electrons. The number of anilines is 1. The van der Waals surface area contributed by atoms with Crippen LogP contribution < -0.4 is 5.73 Å². The minimum atomic E-state index is 0.0199. The van der Waals surface area contributed by atoms with Crippen LogP contribution >= 0.6 is 15.9 Å². The molecule has 4 rings (SSSR count). The van der Waals surface area contributed by atoms with E-state index in [1.165, 1.54) is 27.8 Å². The van der Waals surface area contributed by atoms with E-state index in [9.17, 15) is 0 Å². The average Bonchev–Trinajstić information content (AvgIpc) is 2.76. The van der Waals surface area contributed by atoms with E-state index >= 15 is 0 Å². The Morgan fingerprint density at radius 3 is 2.26 bits per heavy atom. The Morgan fingerprint density at radius 2 is 1.48 bits per heavy atom. The molecule has 23 heavy (non-hydrogen) atoms. The van der Waals surface area contributed by atoms with Crippen LogP contribution in [0.25, 0.3) is 22.3 Å². The van der Waals surface area contributed by atoms with E-state index in [0.29, 0.717) is 0 Å². The van der Waals surface area contributed by atoms with E-state index < -0.39 is 0 Å². The van der Waals surface area contributed by atoms with Gasteiger partial charge in [0.25, 0.3) is 0 Å².